The maximum absolute atomic E-state index is 2.47. The lowest BCUT2D eigenvalue weighted by Gasteiger charge is -2.21. The third-order valence-corrected chi connectivity index (χ3v) is 8.11. The van der Waals surface area contributed by atoms with Crippen LogP contribution in [0.5, 0.6) is 0 Å². The molecular formula is C33H27B. The third kappa shape index (κ3) is 2.50. The lowest BCUT2D eigenvalue weighted by molar-refractivity contribution is 1.35. The van der Waals surface area contributed by atoms with Crippen molar-refractivity contribution in [3.63, 3.8) is 0 Å². The zero-order valence-corrected chi connectivity index (χ0v) is 20.5. The Morgan fingerprint density at radius 1 is 0.471 bits per heavy atom. The van der Waals surface area contributed by atoms with Crippen molar-refractivity contribution in [2.24, 2.45) is 0 Å². The Hall–Kier alpha value is -3.58. The maximum atomic E-state index is 2.47. The van der Waals surface area contributed by atoms with Gasteiger partial charge < -0.3 is 0 Å². The smallest absolute Gasteiger partial charge is 0.0628 e. The summed E-state index contributed by atoms with van der Waals surface area (Å²) in [6.07, 6.45) is 0. The van der Waals surface area contributed by atoms with Crippen LogP contribution in [0.15, 0.2) is 72.8 Å². The number of hydrogen-bond acceptors (Lipinski definition) is 0. The Kier molecular flexibility index (Phi) is 3.93. The van der Waals surface area contributed by atoms with E-state index in [0.29, 0.717) is 0 Å². The number of fused-ring (bicyclic) bond motifs is 4. The number of rotatable bonds is 1. The standard InChI is InChI=1S/C33H27B/c1-18-13-20(3)31(21(4)14-18)34-32-22(5)15-19(2)16-27(32)28-17-25-10-9-23-7-6-8-24-11-12-26(33(28)34)30(25)29(23)24/h6-17H,1-5H3. The molecule has 6 aromatic carbocycles. The molecule has 0 aromatic heterocycles. The van der Waals surface area contributed by atoms with Crippen LogP contribution in [0.4, 0.5) is 0 Å². The van der Waals surface area contributed by atoms with Crippen LogP contribution in [-0.4, -0.2) is 6.71 Å². The molecule has 1 aliphatic rings. The summed E-state index contributed by atoms with van der Waals surface area (Å²) in [6, 6.07) is 28.0. The molecule has 0 spiro atoms. The highest BCUT2D eigenvalue weighted by Gasteiger charge is 2.38. The summed E-state index contributed by atoms with van der Waals surface area (Å²) >= 11 is 0. The Morgan fingerprint density at radius 3 is 1.74 bits per heavy atom. The molecule has 34 heavy (non-hydrogen) atoms. The molecule has 0 unspecified atom stereocenters. The van der Waals surface area contributed by atoms with E-state index in [1.54, 1.807) is 0 Å². The van der Waals surface area contributed by atoms with Crippen molar-refractivity contribution < 1.29 is 0 Å². The summed E-state index contributed by atoms with van der Waals surface area (Å²) in [7, 11) is 0. The number of hydrogen-bond donors (Lipinski definition) is 0. The maximum Gasteiger partial charge on any atom is 0.244 e. The molecule has 1 aliphatic heterocycles. The van der Waals surface area contributed by atoms with Crippen molar-refractivity contribution in [1.29, 1.82) is 0 Å². The highest BCUT2D eigenvalue weighted by Crippen LogP contribution is 2.38. The molecule has 162 valence electrons. The minimum atomic E-state index is 0.260. The zero-order valence-electron chi connectivity index (χ0n) is 20.5. The molecule has 0 atom stereocenters. The fourth-order valence-corrected chi connectivity index (χ4v) is 7.03. The molecule has 1 heteroatoms. The normalized spacial score (nSPS) is 12.8. The predicted octanol–water partition coefficient (Wildman–Crippen LogP) is 6.62. The fourth-order valence-electron chi connectivity index (χ4n) is 7.03. The number of benzene rings is 6. The lowest BCUT2D eigenvalue weighted by atomic mass is 9.36. The van der Waals surface area contributed by atoms with E-state index in [1.165, 1.54) is 87.6 Å². The highest BCUT2D eigenvalue weighted by atomic mass is 14.2. The molecule has 0 bridgehead atoms. The van der Waals surface area contributed by atoms with E-state index in [1.807, 2.05) is 0 Å². The van der Waals surface area contributed by atoms with Gasteiger partial charge >= 0.3 is 0 Å². The summed E-state index contributed by atoms with van der Waals surface area (Å²) in [5.41, 5.74) is 14.2. The van der Waals surface area contributed by atoms with Crippen LogP contribution in [0.3, 0.4) is 0 Å². The molecule has 0 N–H and O–H groups in total. The van der Waals surface area contributed by atoms with Gasteiger partial charge in [-0.3, -0.25) is 0 Å². The van der Waals surface area contributed by atoms with Crippen molar-refractivity contribution >= 4 is 55.4 Å². The second-order valence-electron chi connectivity index (χ2n) is 10.5. The molecule has 0 saturated carbocycles. The first kappa shape index (κ1) is 19.9. The summed E-state index contributed by atoms with van der Waals surface area (Å²) in [6.45, 7) is 11.6. The van der Waals surface area contributed by atoms with Gasteiger partial charge in [0.15, 0.2) is 0 Å². The highest BCUT2D eigenvalue weighted by molar-refractivity contribution is 7.01. The summed E-state index contributed by atoms with van der Waals surface area (Å²) in [5.74, 6) is 0. The van der Waals surface area contributed by atoms with Crippen LogP contribution >= 0.6 is 0 Å². The summed E-state index contributed by atoms with van der Waals surface area (Å²) in [5, 5.41) is 8.24. The van der Waals surface area contributed by atoms with E-state index in [0.717, 1.165) is 0 Å². The summed E-state index contributed by atoms with van der Waals surface area (Å²) in [4.78, 5) is 0. The van der Waals surface area contributed by atoms with Gasteiger partial charge in [-0.05, 0) is 84.1 Å². The van der Waals surface area contributed by atoms with Gasteiger partial charge in [-0.25, -0.2) is 0 Å². The lowest BCUT2D eigenvalue weighted by Crippen LogP contribution is -2.52. The Bertz CT molecular complexity index is 1770. The molecule has 0 aliphatic carbocycles. The molecule has 1 heterocycles. The van der Waals surface area contributed by atoms with Gasteiger partial charge in [-0.15, -0.1) is 0 Å². The summed E-state index contributed by atoms with van der Waals surface area (Å²) < 4.78 is 0. The molecule has 0 saturated heterocycles. The van der Waals surface area contributed by atoms with Crippen molar-refractivity contribution in [3.05, 3.63) is 101 Å². The molecule has 0 amide bonds. The second-order valence-corrected chi connectivity index (χ2v) is 10.5. The van der Waals surface area contributed by atoms with Crippen molar-refractivity contribution in [2.45, 2.75) is 34.6 Å². The van der Waals surface area contributed by atoms with Crippen LogP contribution < -0.4 is 16.4 Å². The first-order chi connectivity index (χ1) is 16.4. The SMILES string of the molecule is Cc1cc(C)c(B2c3c(C)cc(C)cc3-c3cc4ccc5cccc6ccc(c32)c4c56)c(C)c1. The second kappa shape index (κ2) is 6.73. The molecular weight excluding hydrogens is 407 g/mol. The monoisotopic (exact) mass is 434 g/mol. The number of aryl methyl sites for hydroxylation is 5. The van der Waals surface area contributed by atoms with Gasteiger partial charge in [-0.1, -0.05) is 111 Å². The first-order valence-electron chi connectivity index (χ1n) is 12.3. The van der Waals surface area contributed by atoms with Gasteiger partial charge in [0.2, 0.25) is 6.71 Å². The Labute approximate surface area is 201 Å². The van der Waals surface area contributed by atoms with Crippen molar-refractivity contribution in [1.82, 2.24) is 0 Å². The minimum Gasteiger partial charge on any atom is -0.0628 e. The fraction of sp³-hybridized carbons (Fsp3) is 0.152. The largest absolute Gasteiger partial charge is 0.244 e. The van der Waals surface area contributed by atoms with E-state index in [-0.39, 0.29) is 6.71 Å². The van der Waals surface area contributed by atoms with E-state index in [4.69, 9.17) is 0 Å². The average Bonchev–Trinajstić information content (AvgIpc) is 3.11. The van der Waals surface area contributed by atoms with E-state index < -0.39 is 0 Å². The molecule has 6 aromatic rings. The first-order valence-corrected chi connectivity index (χ1v) is 12.3. The minimum absolute atomic E-state index is 0.260. The van der Waals surface area contributed by atoms with Crippen LogP contribution in [0.1, 0.15) is 27.8 Å². The quantitative estimate of drug-likeness (QED) is 0.201. The molecule has 0 radical (unpaired) electrons. The van der Waals surface area contributed by atoms with Crippen molar-refractivity contribution in [3.8, 4) is 11.1 Å². The predicted molar refractivity (Wildman–Crippen MR) is 150 cm³/mol. The van der Waals surface area contributed by atoms with E-state index >= 15 is 0 Å². The van der Waals surface area contributed by atoms with Crippen LogP contribution in [0.25, 0.3) is 43.4 Å². The Balaban J connectivity index is 1.70. The zero-order chi connectivity index (χ0) is 23.3. The van der Waals surface area contributed by atoms with Gasteiger partial charge in [-0.2, -0.15) is 0 Å². The third-order valence-electron chi connectivity index (χ3n) is 8.11. The van der Waals surface area contributed by atoms with Crippen LogP contribution in [0, 0.1) is 34.6 Å². The topological polar surface area (TPSA) is 0 Å². The molecule has 0 fully saturated rings. The molecule has 0 nitrogen and oxygen atoms in total. The van der Waals surface area contributed by atoms with Gasteiger partial charge in [0, 0.05) is 0 Å². The molecule has 7 rings (SSSR count). The van der Waals surface area contributed by atoms with Gasteiger partial charge in [0.05, 0.1) is 0 Å². The van der Waals surface area contributed by atoms with Crippen molar-refractivity contribution in [2.75, 3.05) is 0 Å². The van der Waals surface area contributed by atoms with Crippen LogP contribution in [-0.2, 0) is 0 Å². The van der Waals surface area contributed by atoms with E-state index in [2.05, 4.69) is 107 Å². The van der Waals surface area contributed by atoms with Gasteiger partial charge in [0.25, 0.3) is 0 Å². The van der Waals surface area contributed by atoms with Crippen LogP contribution in [0.2, 0.25) is 0 Å². The van der Waals surface area contributed by atoms with E-state index in [9.17, 15) is 0 Å². The Morgan fingerprint density at radius 2 is 1.03 bits per heavy atom. The average molecular weight is 434 g/mol. The van der Waals surface area contributed by atoms with Gasteiger partial charge in [0.1, 0.15) is 0 Å².